The molecule has 1 rings (SSSR count). The summed E-state index contributed by atoms with van der Waals surface area (Å²) in [5, 5.41) is 11.1. The molecule has 76 valence electrons. The average molecular weight is 188 g/mol. The molecule has 0 atom stereocenters. The first-order chi connectivity index (χ1) is 6.06. The van der Waals surface area contributed by atoms with Crippen LogP contribution in [0.4, 0.5) is 4.79 Å². The molecule has 0 radical (unpaired) electrons. The van der Waals surface area contributed by atoms with Gasteiger partial charge in [-0.15, -0.1) is 0 Å². The molecule has 0 saturated heterocycles. The predicted molar refractivity (Wildman–Crippen MR) is 47.1 cm³/mol. The SMILES string of the molecule is C[C@]1(NC(=O)O)CC[C@H](ON)CC1. The first-order valence-electron chi connectivity index (χ1n) is 4.42. The fourth-order valence-electron chi connectivity index (χ4n) is 1.75. The van der Waals surface area contributed by atoms with E-state index in [-0.39, 0.29) is 11.6 Å². The summed E-state index contributed by atoms with van der Waals surface area (Å²) in [4.78, 5) is 15.2. The molecule has 0 unspecified atom stereocenters. The number of carbonyl (C=O) groups is 1. The van der Waals surface area contributed by atoms with Crippen LogP contribution in [0.1, 0.15) is 32.6 Å². The Bertz CT molecular complexity index is 188. The van der Waals surface area contributed by atoms with Gasteiger partial charge in [0, 0.05) is 5.54 Å². The lowest BCUT2D eigenvalue weighted by atomic mass is 9.82. The van der Waals surface area contributed by atoms with Crippen LogP contribution < -0.4 is 11.2 Å². The number of nitrogens with one attached hydrogen (secondary N) is 1. The lowest BCUT2D eigenvalue weighted by Gasteiger charge is -2.36. The highest BCUT2D eigenvalue weighted by Gasteiger charge is 2.32. The minimum Gasteiger partial charge on any atom is -0.465 e. The minimum atomic E-state index is -0.963. The zero-order valence-corrected chi connectivity index (χ0v) is 7.75. The highest BCUT2D eigenvalue weighted by Crippen LogP contribution is 2.28. The van der Waals surface area contributed by atoms with Gasteiger partial charge >= 0.3 is 6.09 Å². The van der Waals surface area contributed by atoms with Gasteiger partial charge in [-0.1, -0.05) is 0 Å². The van der Waals surface area contributed by atoms with Crippen LogP contribution in [-0.2, 0) is 4.84 Å². The molecule has 0 aromatic heterocycles. The van der Waals surface area contributed by atoms with Crippen LogP contribution in [0.25, 0.3) is 0 Å². The van der Waals surface area contributed by atoms with E-state index in [4.69, 9.17) is 15.8 Å². The van der Waals surface area contributed by atoms with Crippen LogP contribution in [0.5, 0.6) is 0 Å². The van der Waals surface area contributed by atoms with Gasteiger partial charge in [-0.2, -0.15) is 0 Å². The molecule has 0 bridgehead atoms. The zero-order valence-electron chi connectivity index (χ0n) is 7.75. The van der Waals surface area contributed by atoms with Gasteiger partial charge in [0.2, 0.25) is 0 Å². The molecule has 0 heterocycles. The monoisotopic (exact) mass is 188 g/mol. The lowest BCUT2D eigenvalue weighted by Crippen LogP contribution is -2.49. The molecule has 0 spiro atoms. The second-order valence-electron chi connectivity index (χ2n) is 3.83. The molecular weight excluding hydrogens is 172 g/mol. The smallest absolute Gasteiger partial charge is 0.405 e. The number of amides is 1. The number of carboxylic acid groups (broad SMARTS) is 1. The molecule has 5 heteroatoms. The van der Waals surface area contributed by atoms with Gasteiger partial charge < -0.3 is 15.3 Å². The van der Waals surface area contributed by atoms with Gasteiger partial charge in [0.25, 0.3) is 0 Å². The van der Waals surface area contributed by atoms with Crippen molar-refractivity contribution in [1.29, 1.82) is 0 Å². The Kier molecular flexibility index (Phi) is 3.11. The third-order valence-corrected chi connectivity index (χ3v) is 2.64. The first kappa shape index (κ1) is 10.3. The first-order valence-corrected chi connectivity index (χ1v) is 4.42. The van der Waals surface area contributed by atoms with Gasteiger partial charge in [-0.25, -0.2) is 10.7 Å². The summed E-state index contributed by atoms with van der Waals surface area (Å²) in [5.41, 5.74) is -0.305. The van der Waals surface area contributed by atoms with Crippen molar-refractivity contribution < 1.29 is 14.7 Å². The fourth-order valence-corrected chi connectivity index (χ4v) is 1.75. The van der Waals surface area contributed by atoms with Crippen LogP contribution in [-0.4, -0.2) is 22.8 Å². The van der Waals surface area contributed by atoms with Crippen molar-refractivity contribution in [1.82, 2.24) is 5.32 Å². The van der Waals surface area contributed by atoms with Crippen molar-refractivity contribution in [3.63, 3.8) is 0 Å². The summed E-state index contributed by atoms with van der Waals surface area (Å²) in [5.74, 6) is 5.06. The quantitative estimate of drug-likeness (QED) is 0.561. The number of nitrogens with two attached hydrogens (primary N) is 1. The Morgan fingerprint density at radius 3 is 2.54 bits per heavy atom. The highest BCUT2D eigenvalue weighted by atomic mass is 16.6. The third-order valence-electron chi connectivity index (χ3n) is 2.64. The van der Waals surface area contributed by atoms with E-state index in [1.54, 1.807) is 0 Å². The van der Waals surface area contributed by atoms with Gasteiger partial charge in [0.1, 0.15) is 0 Å². The average Bonchev–Trinajstić information content (AvgIpc) is 2.04. The van der Waals surface area contributed by atoms with Crippen LogP contribution in [0.2, 0.25) is 0 Å². The van der Waals surface area contributed by atoms with Gasteiger partial charge in [-0.05, 0) is 32.6 Å². The fraction of sp³-hybridized carbons (Fsp3) is 0.875. The number of rotatable bonds is 2. The summed E-state index contributed by atoms with van der Waals surface area (Å²) in [6, 6.07) is 0. The molecule has 13 heavy (non-hydrogen) atoms. The van der Waals surface area contributed by atoms with Gasteiger partial charge in [-0.3, -0.25) is 0 Å². The summed E-state index contributed by atoms with van der Waals surface area (Å²) < 4.78 is 0. The van der Waals surface area contributed by atoms with Gasteiger partial charge in [0.15, 0.2) is 0 Å². The second kappa shape index (κ2) is 3.93. The summed E-state index contributed by atoms with van der Waals surface area (Å²) in [7, 11) is 0. The Hall–Kier alpha value is -0.810. The van der Waals surface area contributed by atoms with E-state index in [2.05, 4.69) is 5.32 Å². The van der Waals surface area contributed by atoms with Crippen molar-refractivity contribution in [2.45, 2.75) is 44.2 Å². The van der Waals surface area contributed by atoms with Gasteiger partial charge in [0.05, 0.1) is 6.10 Å². The number of hydrogen-bond acceptors (Lipinski definition) is 3. The van der Waals surface area contributed by atoms with Crippen molar-refractivity contribution >= 4 is 6.09 Å². The second-order valence-corrected chi connectivity index (χ2v) is 3.83. The van der Waals surface area contributed by atoms with E-state index < -0.39 is 6.09 Å². The Balaban J connectivity index is 2.41. The normalized spacial score (nSPS) is 34.2. The molecule has 0 aromatic carbocycles. The highest BCUT2D eigenvalue weighted by molar-refractivity contribution is 5.65. The van der Waals surface area contributed by atoms with E-state index in [9.17, 15) is 4.79 Å². The minimum absolute atomic E-state index is 0.0867. The summed E-state index contributed by atoms with van der Waals surface area (Å²) in [6.07, 6.45) is 2.31. The maximum atomic E-state index is 10.5. The largest absolute Gasteiger partial charge is 0.465 e. The number of hydrogen-bond donors (Lipinski definition) is 3. The molecule has 1 saturated carbocycles. The van der Waals surface area contributed by atoms with Crippen LogP contribution >= 0.6 is 0 Å². The van der Waals surface area contributed by atoms with E-state index in [1.165, 1.54) is 0 Å². The Labute approximate surface area is 77.2 Å². The molecule has 1 fully saturated rings. The van der Waals surface area contributed by atoms with E-state index in [1.807, 2.05) is 6.92 Å². The Morgan fingerprint density at radius 1 is 1.62 bits per heavy atom. The zero-order chi connectivity index (χ0) is 9.90. The third kappa shape index (κ3) is 2.86. The van der Waals surface area contributed by atoms with E-state index >= 15 is 0 Å². The van der Waals surface area contributed by atoms with Crippen LogP contribution in [0, 0.1) is 0 Å². The van der Waals surface area contributed by atoms with Crippen LogP contribution in [0.3, 0.4) is 0 Å². The summed E-state index contributed by atoms with van der Waals surface area (Å²) >= 11 is 0. The Morgan fingerprint density at radius 2 is 2.15 bits per heavy atom. The maximum absolute atomic E-state index is 10.5. The molecule has 0 aliphatic heterocycles. The van der Waals surface area contributed by atoms with Crippen LogP contribution in [0.15, 0.2) is 0 Å². The molecular formula is C8H16N2O3. The standard InChI is InChI=1S/C8H16N2O3/c1-8(10-7(11)12)4-2-6(13-9)3-5-8/h6,10H,2-5,9H2,1H3,(H,11,12)/t6-,8-. The van der Waals surface area contributed by atoms with Crippen molar-refractivity contribution in [3.05, 3.63) is 0 Å². The lowest BCUT2D eigenvalue weighted by molar-refractivity contribution is 0.00988. The topological polar surface area (TPSA) is 84.6 Å². The van der Waals surface area contributed by atoms with Crippen molar-refractivity contribution in [2.75, 3.05) is 0 Å². The molecule has 1 aliphatic carbocycles. The van der Waals surface area contributed by atoms with E-state index in [0.29, 0.717) is 0 Å². The summed E-state index contributed by atoms with van der Waals surface area (Å²) in [6.45, 7) is 1.91. The predicted octanol–water partition coefficient (Wildman–Crippen LogP) is 0.846. The molecule has 4 N–H and O–H groups in total. The van der Waals surface area contributed by atoms with Crippen molar-refractivity contribution in [3.8, 4) is 0 Å². The van der Waals surface area contributed by atoms with Crippen molar-refractivity contribution in [2.24, 2.45) is 5.90 Å². The molecule has 0 aromatic rings. The molecule has 1 aliphatic rings. The maximum Gasteiger partial charge on any atom is 0.405 e. The van der Waals surface area contributed by atoms with E-state index in [0.717, 1.165) is 25.7 Å². The molecule has 5 nitrogen and oxygen atoms in total. The molecule has 1 amide bonds.